The van der Waals surface area contributed by atoms with Crippen LogP contribution in [0.4, 0.5) is 22.0 Å². The van der Waals surface area contributed by atoms with E-state index in [-0.39, 0.29) is 18.3 Å². The van der Waals surface area contributed by atoms with Gasteiger partial charge in [-0.25, -0.2) is 8.78 Å². The number of pyridine rings is 1. The lowest BCUT2D eigenvalue weighted by Gasteiger charge is -2.27. The zero-order valence-corrected chi connectivity index (χ0v) is 19.4. The number of alkyl halides is 3. The van der Waals surface area contributed by atoms with Crippen LogP contribution in [0.5, 0.6) is 5.75 Å². The molecule has 6 nitrogen and oxygen atoms in total. The van der Waals surface area contributed by atoms with Gasteiger partial charge in [0.2, 0.25) is 5.91 Å². The molecule has 2 aromatic carbocycles. The number of aromatic hydroxyl groups is 1. The Kier molecular flexibility index (Phi) is 8.80. The number of phenols is 1. The molecule has 4 N–H and O–H groups in total. The number of amides is 1. The van der Waals surface area contributed by atoms with Gasteiger partial charge in [-0.05, 0) is 54.1 Å². The number of aliphatic hydroxyl groups excluding tert-OH is 1. The van der Waals surface area contributed by atoms with Crippen LogP contribution >= 0.6 is 0 Å². The summed E-state index contributed by atoms with van der Waals surface area (Å²) in [5, 5.41) is 26.3. The summed E-state index contributed by atoms with van der Waals surface area (Å²) in [5.74, 6) is -2.58. The number of fused-ring (bicyclic) bond motifs is 1. The number of carbonyl (C=O) groups excluding carboxylic acids is 1. The van der Waals surface area contributed by atoms with Gasteiger partial charge in [-0.15, -0.1) is 0 Å². The predicted octanol–water partition coefficient (Wildman–Crippen LogP) is 4.74. The standard InChI is InChI=1S/C18H22FN3O2.C7H4F4O/c1-11(23)21-10-18(24)14-7-17(19)16(9-22-12-3-2-4-12)13-5-6-20-8-15(13)14;8-6-2-1-4(12)3-5(6)7(9,10)11/h5-8,12,18,22,24H,2-4,9-10H2,1H3,(H,21,23);1-3,12H. The van der Waals surface area contributed by atoms with E-state index in [1.807, 2.05) is 0 Å². The maximum Gasteiger partial charge on any atom is 0.419 e. The van der Waals surface area contributed by atoms with E-state index in [0.717, 1.165) is 24.3 Å². The number of benzene rings is 2. The van der Waals surface area contributed by atoms with Crippen molar-refractivity contribution < 1.29 is 37.0 Å². The van der Waals surface area contributed by atoms with Gasteiger partial charge in [0, 0.05) is 49.4 Å². The van der Waals surface area contributed by atoms with Crippen molar-refractivity contribution in [1.82, 2.24) is 15.6 Å². The smallest absolute Gasteiger partial charge is 0.419 e. The van der Waals surface area contributed by atoms with Gasteiger partial charge >= 0.3 is 6.18 Å². The first-order chi connectivity index (χ1) is 17.0. The van der Waals surface area contributed by atoms with Crippen LogP contribution in [0, 0.1) is 11.6 Å². The fraction of sp³-hybridized carbons (Fsp3) is 0.360. The molecule has 0 aliphatic heterocycles. The van der Waals surface area contributed by atoms with Gasteiger partial charge < -0.3 is 20.8 Å². The highest BCUT2D eigenvalue weighted by Crippen LogP contribution is 2.33. The van der Waals surface area contributed by atoms with E-state index in [2.05, 4.69) is 15.6 Å². The minimum atomic E-state index is -4.76. The van der Waals surface area contributed by atoms with Crippen LogP contribution in [0.2, 0.25) is 0 Å². The van der Waals surface area contributed by atoms with E-state index in [9.17, 15) is 31.9 Å². The Morgan fingerprint density at radius 3 is 2.44 bits per heavy atom. The fourth-order valence-electron chi connectivity index (χ4n) is 3.71. The number of halogens is 5. The largest absolute Gasteiger partial charge is 0.508 e. The van der Waals surface area contributed by atoms with Crippen molar-refractivity contribution in [3.05, 3.63) is 71.1 Å². The molecule has 36 heavy (non-hydrogen) atoms. The first-order valence-electron chi connectivity index (χ1n) is 11.2. The second-order valence-electron chi connectivity index (χ2n) is 8.47. The third-order valence-corrected chi connectivity index (χ3v) is 5.86. The van der Waals surface area contributed by atoms with Crippen molar-refractivity contribution in [3.8, 4) is 5.75 Å². The lowest BCUT2D eigenvalue weighted by Crippen LogP contribution is -2.34. The van der Waals surface area contributed by atoms with Crippen LogP contribution in [0.1, 0.15) is 49.0 Å². The van der Waals surface area contributed by atoms with Crippen LogP contribution in [-0.2, 0) is 17.5 Å². The molecule has 1 aromatic heterocycles. The highest BCUT2D eigenvalue weighted by Gasteiger charge is 2.34. The summed E-state index contributed by atoms with van der Waals surface area (Å²) in [5.41, 5.74) is -0.422. The molecular weight excluding hydrogens is 485 g/mol. The van der Waals surface area contributed by atoms with Crippen molar-refractivity contribution in [1.29, 1.82) is 0 Å². The van der Waals surface area contributed by atoms with Crippen LogP contribution in [-0.4, -0.2) is 33.7 Å². The lowest BCUT2D eigenvalue weighted by molar-refractivity contribution is -0.140. The van der Waals surface area contributed by atoms with E-state index < -0.39 is 29.4 Å². The highest BCUT2D eigenvalue weighted by molar-refractivity contribution is 5.88. The van der Waals surface area contributed by atoms with E-state index in [4.69, 9.17) is 5.11 Å². The number of carbonyl (C=O) groups is 1. The SMILES string of the molecule is CC(=O)NCC(O)c1cc(F)c(CNC2CCC2)c2ccncc12.Oc1ccc(F)c(C(F)(F)F)c1. The number of aliphatic hydroxyl groups is 1. The van der Waals surface area contributed by atoms with Gasteiger partial charge in [0.05, 0.1) is 11.7 Å². The zero-order chi connectivity index (χ0) is 26.5. The summed E-state index contributed by atoms with van der Waals surface area (Å²) >= 11 is 0. The molecule has 0 spiro atoms. The fourth-order valence-corrected chi connectivity index (χ4v) is 3.71. The van der Waals surface area contributed by atoms with E-state index in [1.54, 1.807) is 18.5 Å². The van der Waals surface area contributed by atoms with E-state index >= 15 is 0 Å². The highest BCUT2D eigenvalue weighted by atomic mass is 19.4. The molecule has 1 aliphatic carbocycles. The normalized spacial score (nSPS) is 14.5. The van der Waals surface area contributed by atoms with Gasteiger partial charge in [0.1, 0.15) is 17.4 Å². The Hall–Kier alpha value is -3.31. The number of rotatable bonds is 6. The first-order valence-corrected chi connectivity index (χ1v) is 11.2. The molecule has 0 saturated heterocycles. The van der Waals surface area contributed by atoms with Gasteiger partial charge in [-0.1, -0.05) is 6.42 Å². The van der Waals surface area contributed by atoms with Crippen molar-refractivity contribution in [2.75, 3.05) is 6.54 Å². The molecule has 1 heterocycles. The topological polar surface area (TPSA) is 94.5 Å². The molecule has 1 unspecified atom stereocenters. The van der Waals surface area contributed by atoms with Crippen molar-refractivity contribution in [2.24, 2.45) is 0 Å². The Bertz CT molecular complexity index is 1220. The number of phenolic OH excluding ortho intramolecular Hbond substituents is 1. The van der Waals surface area contributed by atoms with Crippen molar-refractivity contribution in [2.45, 2.75) is 51.1 Å². The van der Waals surface area contributed by atoms with Crippen molar-refractivity contribution in [3.63, 3.8) is 0 Å². The number of aromatic nitrogens is 1. The third kappa shape index (κ3) is 6.88. The summed E-state index contributed by atoms with van der Waals surface area (Å²) in [4.78, 5) is 15.1. The predicted molar refractivity (Wildman–Crippen MR) is 123 cm³/mol. The third-order valence-electron chi connectivity index (χ3n) is 5.86. The van der Waals surface area contributed by atoms with Crippen LogP contribution in [0.25, 0.3) is 10.8 Å². The van der Waals surface area contributed by atoms with Crippen LogP contribution in [0.15, 0.2) is 42.7 Å². The van der Waals surface area contributed by atoms with Gasteiger partial charge in [0.15, 0.2) is 0 Å². The first kappa shape index (κ1) is 27.3. The molecule has 1 saturated carbocycles. The quantitative estimate of drug-likeness (QED) is 0.359. The number of hydrogen-bond donors (Lipinski definition) is 4. The maximum atomic E-state index is 14.7. The van der Waals surface area contributed by atoms with E-state index in [0.29, 0.717) is 41.2 Å². The van der Waals surface area contributed by atoms with Crippen molar-refractivity contribution >= 4 is 16.7 Å². The molecule has 0 radical (unpaired) electrons. The number of nitrogens with zero attached hydrogens (tertiary/aromatic N) is 1. The van der Waals surface area contributed by atoms with Gasteiger partial charge in [0.25, 0.3) is 0 Å². The molecule has 0 bridgehead atoms. The minimum absolute atomic E-state index is 0.0401. The lowest BCUT2D eigenvalue weighted by atomic mass is 9.92. The number of nitrogens with one attached hydrogen (secondary N) is 2. The summed E-state index contributed by atoms with van der Waals surface area (Å²) in [7, 11) is 0. The monoisotopic (exact) mass is 511 g/mol. The summed E-state index contributed by atoms with van der Waals surface area (Å²) in [6, 6.07) is 5.35. The molecule has 1 amide bonds. The maximum absolute atomic E-state index is 14.7. The molecule has 194 valence electrons. The molecule has 4 rings (SSSR count). The van der Waals surface area contributed by atoms with Gasteiger partial charge in [-0.2, -0.15) is 13.2 Å². The zero-order valence-electron chi connectivity index (χ0n) is 19.4. The Labute approximate surface area is 204 Å². The Morgan fingerprint density at radius 2 is 1.86 bits per heavy atom. The molecular formula is C25H26F5N3O3. The summed E-state index contributed by atoms with van der Waals surface area (Å²) < 4.78 is 62.7. The molecule has 1 fully saturated rings. The molecule has 3 aromatic rings. The molecule has 1 aliphatic rings. The second-order valence-corrected chi connectivity index (χ2v) is 8.47. The molecule has 1 atom stereocenters. The van der Waals surface area contributed by atoms with E-state index in [1.165, 1.54) is 19.4 Å². The van der Waals surface area contributed by atoms with Crippen LogP contribution < -0.4 is 10.6 Å². The van der Waals surface area contributed by atoms with Crippen LogP contribution in [0.3, 0.4) is 0 Å². The second kappa shape index (κ2) is 11.6. The number of hydrogen-bond acceptors (Lipinski definition) is 5. The summed E-state index contributed by atoms with van der Waals surface area (Å²) in [6.07, 6.45) is 1.00. The Morgan fingerprint density at radius 1 is 1.14 bits per heavy atom. The average molecular weight is 511 g/mol. The van der Waals surface area contributed by atoms with Gasteiger partial charge in [-0.3, -0.25) is 9.78 Å². The minimum Gasteiger partial charge on any atom is -0.508 e. The summed E-state index contributed by atoms with van der Waals surface area (Å²) in [6.45, 7) is 1.87. The Balaban J connectivity index is 0.000000253. The average Bonchev–Trinajstić information content (AvgIpc) is 2.78. The molecule has 11 heteroatoms.